The monoisotopic (exact) mass is 549 g/mol. The number of anilines is 1. The Balaban J connectivity index is 1.65. The van der Waals surface area contributed by atoms with E-state index in [-0.39, 0.29) is 23.1 Å². The van der Waals surface area contributed by atoms with Crippen LogP contribution in [0.5, 0.6) is 0 Å². The van der Waals surface area contributed by atoms with E-state index in [4.69, 9.17) is 21.1 Å². The number of hydrogen-bond acceptors (Lipinski definition) is 5. The number of rotatable bonds is 7. The van der Waals surface area contributed by atoms with Gasteiger partial charge in [-0.05, 0) is 60.9 Å². The second-order valence-electron chi connectivity index (χ2n) is 9.06. The normalized spacial score (nSPS) is 20.0. The zero-order chi connectivity index (χ0) is 24.8. The molecule has 8 heteroatoms. The van der Waals surface area contributed by atoms with Crippen molar-refractivity contribution in [3.63, 3.8) is 0 Å². The SMILES string of the molecule is CC(C)[C@H]1CC[C@@H](C)C[C@@H]1OC(=O)c1ccccc1C(=O)OCC(=O)Nc1ccc(Br)cc1Cl. The molecule has 3 rings (SSSR count). The van der Waals surface area contributed by atoms with Gasteiger partial charge in [0.05, 0.1) is 21.8 Å². The largest absolute Gasteiger partial charge is 0.458 e. The van der Waals surface area contributed by atoms with Crippen molar-refractivity contribution in [3.05, 3.63) is 63.1 Å². The van der Waals surface area contributed by atoms with Crippen molar-refractivity contribution in [2.24, 2.45) is 17.8 Å². The number of amides is 1. The van der Waals surface area contributed by atoms with Gasteiger partial charge >= 0.3 is 11.9 Å². The number of hydrogen-bond donors (Lipinski definition) is 1. The van der Waals surface area contributed by atoms with Crippen LogP contribution in [-0.2, 0) is 14.3 Å². The fourth-order valence-corrected chi connectivity index (χ4v) is 5.00. The van der Waals surface area contributed by atoms with E-state index in [1.165, 1.54) is 12.1 Å². The lowest BCUT2D eigenvalue weighted by molar-refractivity contribution is -0.119. The summed E-state index contributed by atoms with van der Waals surface area (Å²) in [7, 11) is 0. The molecule has 1 N–H and O–H groups in total. The van der Waals surface area contributed by atoms with Gasteiger partial charge in [-0.2, -0.15) is 0 Å². The molecule has 182 valence electrons. The molecule has 6 nitrogen and oxygen atoms in total. The Morgan fingerprint density at radius 3 is 2.41 bits per heavy atom. The van der Waals surface area contributed by atoms with E-state index < -0.39 is 24.5 Å². The summed E-state index contributed by atoms with van der Waals surface area (Å²) >= 11 is 9.40. The van der Waals surface area contributed by atoms with Crippen LogP contribution < -0.4 is 5.32 Å². The highest BCUT2D eigenvalue weighted by Crippen LogP contribution is 2.36. The zero-order valence-electron chi connectivity index (χ0n) is 19.5. The average Bonchev–Trinajstić information content (AvgIpc) is 2.79. The van der Waals surface area contributed by atoms with Gasteiger partial charge in [0.2, 0.25) is 0 Å². The maximum atomic E-state index is 13.0. The molecule has 1 amide bonds. The number of carbonyl (C=O) groups excluding carboxylic acids is 3. The Kier molecular flexibility index (Phi) is 9.14. The van der Waals surface area contributed by atoms with E-state index in [2.05, 4.69) is 42.0 Å². The second kappa shape index (κ2) is 11.8. The van der Waals surface area contributed by atoms with Crippen molar-refractivity contribution >= 4 is 51.1 Å². The first-order chi connectivity index (χ1) is 16.2. The van der Waals surface area contributed by atoms with Crippen LogP contribution in [-0.4, -0.2) is 30.6 Å². The van der Waals surface area contributed by atoms with Crippen molar-refractivity contribution in [2.75, 3.05) is 11.9 Å². The Morgan fingerprint density at radius 1 is 1.09 bits per heavy atom. The maximum Gasteiger partial charge on any atom is 0.339 e. The lowest BCUT2D eigenvalue weighted by atomic mass is 9.75. The third-order valence-corrected chi connectivity index (χ3v) is 6.93. The summed E-state index contributed by atoms with van der Waals surface area (Å²) in [4.78, 5) is 38.0. The molecule has 0 bridgehead atoms. The average molecular weight is 551 g/mol. The molecule has 3 atom stereocenters. The van der Waals surface area contributed by atoms with Crippen LogP contribution in [0.4, 0.5) is 5.69 Å². The Hall–Kier alpha value is -2.38. The van der Waals surface area contributed by atoms with Gasteiger partial charge in [0, 0.05) is 4.47 Å². The first-order valence-corrected chi connectivity index (χ1v) is 12.5. The van der Waals surface area contributed by atoms with Crippen LogP contribution >= 0.6 is 27.5 Å². The summed E-state index contributed by atoms with van der Waals surface area (Å²) in [5, 5.41) is 2.94. The summed E-state index contributed by atoms with van der Waals surface area (Å²) < 4.78 is 11.8. The first-order valence-electron chi connectivity index (χ1n) is 11.4. The van der Waals surface area contributed by atoms with Crippen LogP contribution in [0.25, 0.3) is 0 Å². The fraction of sp³-hybridized carbons (Fsp3) is 0.423. The van der Waals surface area contributed by atoms with Gasteiger partial charge in [-0.25, -0.2) is 9.59 Å². The van der Waals surface area contributed by atoms with Crippen LogP contribution in [0.3, 0.4) is 0 Å². The smallest absolute Gasteiger partial charge is 0.339 e. The van der Waals surface area contributed by atoms with Gasteiger partial charge in [0.15, 0.2) is 6.61 Å². The van der Waals surface area contributed by atoms with Gasteiger partial charge in [0.25, 0.3) is 5.91 Å². The molecule has 2 aromatic carbocycles. The molecule has 0 spiro atoms. The molecule has 0 heterocycles. The molecule has 34 heavy (non-hydrogen) atoms. The summed E-state index contributed by atoms with van der Waals surface area (Å²) in [6.07, 6.45) is 2.74. The summed E-state index contributed by atoms with van der Waals surface area (Å²) in [6.45, 7) is 5.91. The number of carbonyl (C=O) groups is 3. The van der Waals surface area contributed by atoms with Crippen LogP contribution in [0.15, 0.2) is 46.9 Å². The second-order valence-corrected chi connectivity index (χ2v) is 10.4. The number of halogens is 2. The molecular formula is C26H29BrClNO5. The molecule has 1 saturated carbocycles. The van der Waals surface area contributed by atoms with Crippen LogP contribution in [0.1, 0.15) is 60.7 Å². The predicted octanol–water partition coefficient (Wildman–Crippen LogP) is 6.52. The predicted molar refractivity (Wildman–Crippen MR) is 135 cm³/mol. The molecule has 0 radical (unpaired) electrons. The minimum absolute atomic E-state index is 0.0620. The quantitative estimate of drug-likeness (QED) is 0.397. The molecule has 1 fully saturated rings. The number of ether oxygens (including phenoxy) is 2. The fourth-order valence-electron chi connectivity index (χ4n) is 4.28. The van der Waals surface area contributed by atoms with Crippen molar-refractivity contribution in [1.29, 1.82) is 0 Å². The van der Waals surface area contributed by atoms with Crippen molar-refractivity contribution in [2.45, 2.75) is 46.1 Å². The van der Waals surface area contributed by atoms with E-state index in [0.717, 1.165) is 23.7 Å². The van der Waals surface area contributed by atoms with E-state index in [1.54, 1.807) is 30.3 Å². The first kappa shape index (κ1) is 26.2. The highest BCUT2D eigenvalue weighted by atomic mass is 79.9. The van der Waals surface area contributed by atoms with Gasteiger partial charge in [-0.1, -0.05) is 66.9 Å². The Morgan fingerprint density at radius 2 is 1.76 bits per heavy atom. The molecular weight excluding hydrogens is 522 g/mol. The third kappa shape index (κ3) is 6.83. The molecule has 2 aromatic rings. The lowest BCUT2D eigenvalue weighted by Gasteiger charge is -2.36. The minimum Gasteiger partial charge on any atom is -0.458 e. The van der Waals surface area contributed by atoms with E-state index in [0.29, 0.717) is 22.5 Å². The van der Waals surface area contributed by atoms with Crippen LogP contribution in [0.2, 0.25) is 5.02 Å². The number of esters is 2. The Bertz CT molecular complexity index is 1060. The molecule has 0 aromatic heterocycles. The molecule has 0 saturated heterocycles. The molecule has 1 aliphatic rings. The molecule has 1 aliphatic carbocycles. The summed E-state index contributed by atoms with van der Waals surface area (Å²) in [5.74, 6) is -0.721. The van der Waals surface area contributed by atoms with Crippen LogP contribution in [0, 0.1) is 17.8 Å². The summed E-state index contributed by atoms with van der Waals surface area (Å²) in [6, 6.07) is 11.3. The van der Waals surface area contributed by atoms with Crippen molar-refractivity contribution in [3.8, 4) is 0 Å². The topological polar surface area (TPSA) is 81.7 Å². The van der Waals surface area contributed by atoms with Crippen molar-refractivity contribution < 1.29 is 23.9 Å². The summed E-state index contributed by atoms with van der Waals surface area (Å²) in [5.41, 5.74) is 0.591. The van der Waals surface area contributed by atoms with E-state index in [1.807, 2.05) is 0 Å². The van der Waals surface area contributed by atoms with Gasteiger partial charge in [-0.15, -0.1) is 0 Å². The maximum absolute atomic E-state index is 13.0. The molecule has 0 aliphatic heterocycles. The highest BCUT2D eigenvalue weighted by Gasteiger charge is 2.34. The highest BCUT2D eigenvalue weighted by molar-refractivity contribution is 9.10. The standard InChI is InChI=1S/C26H29BrClNO5/c1-15(2)18-10-8-16(3)12-23(18)34-26(32)20-7-5-4-6-19(20)25(31)33-14-24(30)29-22-11-9-17(27)13-21(22)28/h4-7,9,11,13,15-16,18,23H,8,10,12,14H2,1-3H3,(H,29,30)/t16-,18-,23+/m1/s1. The van der Waals surface area contributed by atoms with E-state index in [9.17, 15) is 14.4 Å². The van der Waals surface area contributed by atoms with E-state index >= 15 is 0 Å². The van der Waals surface area contributed by atoms with Crippen molar-refractivity contribution in [1.82, 2.24) is 0 Å². The minimum atomic E-state index is -0.776. The van der Waals surface area contributed by atoms with Gasteiger partial charge in [0.1, 0.15) is 6.10 Å². The third-order valence-electron chi connectivity index (χ3n) is 6.13. The van der Waals surface area contributed by atoms with Gasteiger partial charge in [-0.3, -0.25) is 4.79 Å². The zero-order valence-corrected chi connectivity index (χ0v) is 21.8. The lowest BCUT2D eigenvalue weighted by Crippen LogP contribution is -2.36. The Labute approximate surface area is 213 Å². The number of benzene rings is 2. The van der Waals surface area contributed by atoms with Gasteiger partial charge < -0.3 is 14.8 Å². The number of nitrogens with one attached hydrogen (secondary N) is 1. The molecule has 0 unspecified atom stereocenters.